The molecule has 1 heteroatoms. The van der Waals surface area contributed by atoms with E-state index >= 15 is 0 Å². The number of rotatable bonds is 9. The molecule has 0 saturated heterocycles. The predicted molar refractivity (Wildman–Crippen MR) is 63.6 cm³/mol. The van der Waals surface area contributed by atoms with E-state index in [2.05, 4.69) is 20.8 Å². The van der Waals surface area contributed by atoms with Crippen LogP contribution in [0.1, 0.15) is 59.3 Å². The van der Waals surface area contributed by atoms with Gasteiger partial charge in [0, 0.05) is 13.7 Å². The molecule has 0 aromatic rings. The maximum Gasteiger partial charge on any atom is 0.0464 e. The van der Waals surface area contributed by atoms with Gasteiger partial charge in [-0.05, 0) is 18.3 Å². The molecule has 0 rings (SSSR count). The van der Waals surface area contributed by atoms with Gasteiger partial charge in [-0.3, -0.25) is 0 Å². The standard InChI is InChI=1S/C13H28O/c1-5-13(10-11-14-4)9-7-6-8-12(2)3/h12-13H,5-11H2,1-4H3/t13-/m1/s1. The molecule has 0 aliphatic heterocycles. The van der Waals surface area contributed by atoms with Crippen molar-refractivity contribution >= 4 is 0 Å². The zero-order chi connectivity index (χ0) is 10.8. The zero-order valence-electron chi connectivity index (χ0n) is 10.5. The maximum absolute atomic E-state index is 5.12. The Morgan fingerprint density at radius 1 is 1.00 bits per heavy atom. The molecule has 0 bridgehead atoms. The Morgan fingerprint density at radius 3 is 2.14 bits per heavy atom. The van der Waals surface area contributed by atoms with Crippen molar-refractivity contribution in [3.63, 3.8) is 0 Å². The number of hydrogen-bond donors (Lipinski definition) is 0. The summed E-state index contributed by atoms with van der Waals surface area (Å²) in [6.45, 7) is 7.84. The van der Waals surface area contributed by atoms with Crippen LogP contribution in [0.25, 0.3) is 0 Å². The average Bonchev–Trinajstić information content (AvgIpc) is 2.16. The highest BCUT2D eigenvalue weighted by Gasteiger charge is 2.05. The molecule has 0 aromatic heterocycles. The summed E-state index contributed by atoms with van der Waals surface area (Å²) in [7, 11) is 1.80. The van der Waals surface area contributed by atoms with Crippen LogP contribution in [0.5, 0.6) is 0 Å². The summed E-state index contributed by atoms with van der Waals surface area (Å²) in [5.74, 6) is 1.76. The number of methoxy groups -OCH3 is 1. The molecule has 0 fully saturated rings. The van der Waals surface area contributed by atoms with Crippen LogP contribution in [0.4, 0.5) is 0 Å². The Hall–Kier alpha value is -0.0400. The van der Waals surface area contributed by atoms with Gasteiger partial charge in [-0.1, -0.05) is 52.9 Å². The molecule has 0 radical (unpaired) electrons. The van der Waals surface area contributed by atoms with Gasteiger partial charge in [-0.2, -0.15) is 0 Å². The second-order valence-electron chi connectivity index (χ2n) is 4.73. The first-order valence-electron chi connectivity index (χ1n) is 6.19. The Balaban J connectivity index is 3.33. The lowest BCUT2D eigenvalue weighted by Gasteiger charge is -2.14. The van der Waals surface area contributed by atoms with Gasteiger partial charge in [-0.15, -0.1) is 0 Å². The molecule has 0 aliphatic rings. The molecule has 1 nitrogen and oxygen atoms in total. The molecular formula is C13H28O. The van der Waals surface area contributed by atoms with Crippen molar-refractivity contribution in [2.45, 2.75) is 59.3 Å². The molecule has 0 amide bonds. The molecule has 0 aromatic carbocycles. The van der Waals surface area contributed by atoms with E-state index < -0.39 is 0 Å². The third kappa shape index (κ3) is 8.55. The van der Waals surface area contributed by atoms with Crippen LogP contribution < -0.4 is 0 Å². The van der Waals surface area contributed by atoms with Gasteiger partial charge in [-0.25, -0.2) is 0 Å². The van der Waals surface area contributed by atoms with Crippen molar-refractivity contribution in [1.82, 2.24) is 0 Å². The van der Waals surface area contributed by atoms with E-state index in [1.54, 1.807) is 7.11 Å². The van der Waals surface area contributed by atoms with Gasteiger partial charge in [0.1, 0.15) is 0 Å². The van der Waals surface area contributed by atoms with Gasteiger partial charge in [0.05, 0.1) is 0 Å². The lowest BCUT2D eigenvalue weighted by Crippen LogP contribution is -2.03. The summed E-state index contributed by atoms with van der Waals surface area (Å²) in [5, 5.41) is 0. The lowest BCUT2D eigenvalue weighted by atomic mass is 9.94. The van der Waals surface area contributed by atoms with E-state index in [9.17, 15) is 0 Å². The molecule has 0 heterocycles. The van der Waals surface area contributed by atoms with Gasteiger partial charge in [0.25, 0.3) is 0 Å². The average molecular weight is 200 g/mol. The summed E-state index contributed by atoms with van der Waals surface area (Å²) in [6, 6.07) is 0. The molecule has 0 spiro atoms. The molecule has 86 valence electrons. The molecular weight excluding hydrogens is 172 g/mol. The van der Waals surface area contributed by atoms with Crippen LogP contribution in [0.3, 0.4) is 0 Å². The SMILES string of the molecule is CC[C@H](CCCCC(C)C)CCOC. The van der Waals surface area contributed by atoms with Crippen molar-refractivity contribution in [2.24, 2.45) is 11.8 Å². The normalized spacial score (nSPS) is 13.5. The van der Waals surface area contributed by atoms with Crippen molar-refractivity contribution in [2.75, 3.05) is 13.7 Å². The van der Waals surface area contributed by atoms with Gasteiger partial charge < -0.3 is 4.74 Å². The highest BCUT2D eigenvalue weighted by Crippen LogP contribution is 2.18. The van der Waals surface area contributed by atoms with Crippen LogP contribution in [0, 0.1) is 11.8 Å². The third-order valence-corrected chi connectivity index (χ3v) is 2.95. The van der Waals surface area contributed by atoms with E-state index in [-0.39, 0.29) is 0 Å². The molecule has 0 unspecified atom stereocenters. The zero-order valence-corrected chi connectivity index (χ0v) is 10.5. The lowest BCUT2D eigenvalue weighted by molar-refractivity contribution is 0.173. The van der Waals surface area contributed by atoms with Crippen LogP contribution in [-0.2, 0) is 4.74 Å². The fourth-order valence-corrected chi connectivity index (χ4v) is 1.82. The topological polar surface area (TPSA) is 9.23 Å². The molecule has 0 aliphatic carbocycles. The summed E-state index contributed by atoms with van der Waals surface area (Å²) < 4.78 is 5.12. The minimum Gasteiger partial charge on any atom is -0.385 e. The largest absolute Gasteiger partial charge is 0.385 e. The van der Waals surface area contributed by atoms with Crippen LogP contribution in [0.15, 0.2) is 0 Å². The predicted octanol–water partition coefficient (Wildman–Crippen LogP) is 4.27. The van der Waals surface area contributed by atoms with Crippen molar-refractivity contribution < 1.29 is 4.74 Å². The van der Waals surface area contributed by atoms with E-state index in [0.29, 0.717) is 0 Å². The Morgan fingerprint density at radius 2 is 1.64 bits per heavy atom. The molecule has 1 atom stereocenters. The third-order valence-electron chi connectivity index (χ3n) is 2.95. The van der Waals surface area contributed by atoms with Gasteiger partial charge in [0.2, 0.25) is 0 Å². The van der Waals surface area contributed by atoms with Crippen molar-refractivity contribution in [3.05, 3.63) is 0 Å². The fourth-order valence-electron chi connectivity index (χ4n) is 1.82. The van der Waals surface area contributed by atoms with E-state index in [1.165, 1.54) is 38.5 Å². The smallest absolute Gasteiger partial charge is 0.0464 e. The van der Waals surface area contributed by atoms with E-state index in [0.717, 1.165) is 18.4 Å². The highest BCUT2D eigenvalue weighted by molar-refractivity contribution is 4.58. The van der Waals surface area contributed by atoms with Crippen molar-refractivity contribution in [3.8, 4) is 0 Å². The first kappa shape index (κ1) is 14.0. The van der Waals surface area contributed by atoms with Crippen LogP contribution in [-0.4, -0.2) is 13.7 Å². The number of unbranched alkanes of at least 4 members (excludes halogenated alkanes) is 1. The molecule has 0 N–H and O–H groups in total. The van der Waals surface area contributed by atoms with Gasteiger partial charge in [0.15, 0.2) is 0 Å². The number of ether oxygens (including phenoxy) is 1. The first-order valence-corrected chi connectivity index (χ1v) is 6.19. The second kappa shape index (κ2) is 9.51. The summed E-state index contributed by atoms with van der Waals surface area (Å²) >= 11 is 0. The summed E-state index contributed by atoms with van der Waals surface area (Å²) in [6.07, 6.45) is 8.15. The maximum atomic E-state index is 5.12. The monoisotopic (exact) mass is 200 g/mol. The quantitative estimate of drug-likeness (QED) is 0.505. The van der Waals surface area contributed by atoms with Crippen LogP contribution >= 0.6 is 0 Å². The molecule has 14 heavy (non-hydrogen) atoms. The molecule has 0 saturated carbocycles. The highest BCUT2D eigenvalue weighted by atomic mass is 16.5. The first-order chi connectivity index (χ1) is 6.70. The Kier molecular flexibility index (Phi) is 9.49. The Labute approximate surface area is 90.2 Å². The summed E-state index contributed by atoms with van der Waals surface area (Å²) in [4.78, 5) is 0. The summed E-state index contributed by atoms with van der Waals surface area (Å²) in [5.41, 5.74) is 0. The minimum atomic E-state index is 0.869. The van der Waals surface area contributed by atoms with E-state index in [1.807, 2.05) is 0 Å². The minimum absolute atomic E-state index is 0.869. The van der Waals surface area contributed by atoms with Gasteiger partial charge >= 0.3 is 0 Å². The number of hydrogen-bond acceptors (Lipinski definition) is 1. The fraction of sp³-hybridized carbons (Fsp3) is 1.00. The van der Waals surface area contributed by atoms with Crippen molar-refractivity contribution in [1.29, 1.82) is 0 Å². The second-order valence-corrected chi connectivity index (χ2v) is 4.73. The Bertz CT molecular complexity index is 110. The van der Waals surface area contributed by atoms with Crippen LogP contribution in [0.2, 0.25) is 0 Å². The van der Waals surface area contributed by atoms with E-state index in [4.69, 9.17) is 4.74 Å².